The first kappa shape index (κ1) is 12.5. The molecule has 0 radical (unpaired) electrons. The molecule has 0 atom stereocenters. The standard InChI is InChI=1S/C13H15NOS2/c1-14(2)9-13-12(6-7-16-13)17-11-5-3-4-10(15)8-11/h3-8,15H,9H2,1-2H3. The smallest absolute Gasteiger partial charge is 0.116 e. The molecule has 0 saturated heterocycles. The molecule has 1 heterocycles. The molecule has 0 aliphatic heterocycles. The molecular formula is C13H15NOS2. The molecule has 0 saturated carbocycles. The van der Waals surface area contributed by atoms with E-state index in [0.29, 0.717) is 5.75 Å². The fourth-order valence-electron chi connectivity index (χ4n) is 1.50. The molecule has 0 aliphatic carbocycles. The lowest BCUT2D eigenvalue weighted by Gasteiger charge is -2.09. The summed E-state index contributed by atoms with van der Waals surface area (Å²) >= 11 is 3.48. The van der Waals surface area contributed by atoms with E-state index in [4.69, 9.17) is 0 Å². The number of nitrogens with zero attached hydrogens (tertiary/aromatic N) is 1. The van der Waals surface area contributed by atoms with Gasteiger partial charge in [-0.05, 0) is 43.7 Å². The highest BCUT2D eigenvalue weighted by Crippen LogP contribution is 2.35. The maximum absolute atomic E-state index is 9.44. The molecule has 2 rings (SSSR count). The van der Waals surface area contributed by atoms with E-state index < -0.39 is 0 Å². The van der Waals surface area contributed by atoms with Crippen molar-refractivity contribution < 1.29 is 5.11 Å². The Morgan fingerprint density at radius 1 is 1.29 bits per heavy atom. The van der Waals surface area contributed by atoms with E-state index in [1.54, 1.807) is 35.2 Å². The summed E-state index contributed by atoms with van der Waals surface area (Å²) in [6.45, 7) is 0.957. The van der Waals surface area contributed by atoms with Gasteiger partial charge in [-0.25, -0.2) is 0 Å². The Labute approximate surface area is 110 Å². The number of hydrogen-bond donors (Lipinski definition) is 1. The number of benzene rings is 1. The summed E-state index contributed by atoms with van der Waals surface area (Å²) in [5.74, 6) is 0.319. The monoisotopic (exact) mass is 265 g/mol. The van der Waals surface area contributed by atoms with Crippen LogP contribution in [0.5, 0.6) is 5.75 Å². The third-order valence-electron chi connectivity index (χ3n) is 2.21. The third kappa shape index (κ3) is 3.49. The van der Waals surface area contributed by atoms with Gasteiger partial charge in [0.1, 0.15) is 5.75 Å². The van der Waals surface area contributed by atoms with Crippen LogP contribution in [-0.2, 0) is 6.54 Å². The van der Waals surface area contributed by atoms with Crippen LogP contribution in [0.2, 0.25) is 0 Å². The molecule has 0 unspecified atom stereocenters. The maximum atomic E-state index is 9.44. The molecule has 0 amide bonds. The SMILES string of the molecule is CN(C)Cc1sccc1Sc1cccc(O)c1. The Hall–Kier alpha value is -0.970. The number of phenols is 1. The fourth-order valence-corrected chi connectivity index (χ4v) is 3.63. The summed E-state index contributed by atoms with van der Waals surface area (Å²) in [5, 5.41) is 11.6. The average Bonchev–Trinajstić information content (AvgIpc) is 2.65. The van der Waals surface area contributed by atoms with Gasteiger partial charge in [-0.2, -0.15) is 0 Å². The van der Waals surface area contributed by atoms with Crippen molar-refractivity contribution in [2.75, 3.05) is 14.1 Å². The van der Waals surface area contributed by atoms with Crippen LogP contribution in [-0.4, -0.2) is 24.1 Å². The second-order valence-electron chi connectivity index (χ2n) is 4.05. The summed E-state index contributed by atoms with van der Waals surface area (Å²) in [6, 6.07) is 9.51. The van der Waals surface area contributed by atoms with Crippen LogP contribution < -0.4 is 0 Å². The Kier molecular flexibility index (Phi) is 4.10. The lowest BCUT2D eigenvalue weighted by molar-refractivity contribution is 0.403. The zero-order chi connectivity index (χ0) is 12.3. The first-order valence-electron chi connectivity index (χ1n) is 5.33. The molecule has 2 aromatic rings. The molecule has 17 heavy (non-hydrogen) atoms. The van der Waals surface area contributed by atoms with Crippen molar-refractivity contribution in [3.05, 3.63) is 40.6 Å². The highest BCUT2D eigenvalue weighted by Gasteiger charge is 2.07. The van der Waals surface area contributed by atoms with E-state index in [2.05, 4.69) is 30.4 Å². The van der Waals surface area contributed by atoms with Crippen molar-refractivity contribution >= 4 is 23.1 Å². The summed E-state index contributed by atoms with van der Waals surface area (Å²) in [4.78, 5) is 5.87. The normalized spacial score (nSPS) is 11.0. The fraction of sp³-hybridized carbons (Fsp3) is 0.231. The van der Waals surface area contributed by atoms with Crippen LogP contribution in [0, 0.1) is 0 Å². The summed E-state index contributed by atoms with van der Waals surface area (Å²) < 4.78 is 0. The number of hydrogen-bond acceptors (Lipinski definition) is 4. The Morgan fingerprint density at radius 3 is 2.82 bits per heavy atom. The molecule has 1 aromatic carbocycles. The van der Waals surface area contributed by atoms with Gasteiger partial charge in [0.2, 0.25) is 0 Å². The first-order chi connectivity index (χ1) is 8.15. The minimum absolute atomic E-state index is 0.319. The maximum Gasteiger partial charge on any atom is 0.116 e. The second kappa shape index (κ2) is 5.58. The molecule has 2 nitrogen and oxygen atoms in total. The molecular weight excluding hydrogens is 250 g/mol. The summed E-state index contributed by atoms with van der Waals surface area (Å²) in [6.07, 6.45) is 0. The number of phenolic OH excluding ortho intramolecular Hbond substituents is 1. The van der Waals surface area contributed by atoms with Crippen LogP contribution in [0.3, 0.4) is 0 Å². The van der Waals surface area contributed by atoms with Crippen molar-refractivity contribution in [1.29, 1.82) is 0 Å². The second-order valence-corrected chi connectivity index (χ2v) is 6.16. The van der Waals surface area contributed by atoms with E-state index >= 15 is 0 Å². The van der Waals surface area contributed by atoms with Gasteiger partial charge >= 0.3 is 0 Å². The molecule has 0 aliphatic rings. The average molecular weight is 265 g/mol. The highest BCUT2D eigenvalue weighted by atomic mass is 32.2. The minimum Gasteiger partial charge on any atom is -0.508 e. The lowest BCUT2D eigenvalue weighted by Crippen LogP contribution is -2.09. The largest absolute Gasteiger partial charge is 0.508 e. The van der Waals surface area contributed by atoms with E-state index in [1.165, 1.54) is 9.77 Å². The van der Waals surface area contributed by atoms with Crippen molar-refractivity contribution in [3.8, 4) is 5.75 Å². The molecule has 4 heteroatoms. The van der Waals surface area contributed by atoms with Crippen LogP contribution in [0.25, 0.3) is 0 Å². The lowest BCUT2D eigenvalue weighted by atomic mass is 10.3. The van der Waals surface area contributed by atoms with Gasteiger partial charge in [0.05, 0.1) is 0 Å². The van der Waals surface area contributed by atoms with Crippen LogP contribution in [0.15, 0.2) is 45.5 Å². The van der Waals surface area contributed by atoms with Gasteiger partial charge in [0.15, 0.2) is 0 Å². The molecule has 0 bridgehead atoms. The third-order valence-corrected chi connectivity index (χ3v) is 4.34. The minimum atomic E-state index is 0.319. The van der Waals surface area contributed by atoms with Gasteiger partial charge in [0, 0.05) is 21.2 Å². The van der Waals surface area contributed by atoms with Gasteiger partial charge in [-0.1, -0.05) is 17.8 Å². The van der Waals surface area contributed by atoms with Gasteiger partial charge < -0.3 is 10.0 Å². The predicted molar refractivity (Wildman–Crippen MR) is 73.9 cm³/mol. The van der Waals surface area contributed by atoms with Crippen LogP contribution >= 0.6 is 23.1 Å². The van der Waals surface area contributed by atoms with Crippen molar-refractivity contribution in [1.82, 2.24) is 4.90 Å². The van der Waals surface area contributed by atoms with Gasteiger partial charge in [0.25, 0.3) is 0 Å². The summed E-state index contributed by atoms with van der Waals surface area (Å²) in [5.41, 5.74) is 0. The van der Waals surface area contributed by atoms with Gasteiger partial charge in [-0.15, -0.1) is 11.3 Å². The number of aromatic hydroxyl groups is 1. The van der Waals surface area contributed by atoms with E-state index in [1.807, 2.05) is 12.1 Å². The highest BCUT2D eigenvalue weighted by molar-refractivity contribution is 7.99. The Balaban J connectivity index is 2.16. The summed E-state index contributed by atoms with van der Waals surface area (Å²) in [7, 11) is 4.14. The first-order valence-corrected chi connectivity index (χ1v) is 7.03. The van der Waals surface area contributed by atoms with Crippen molar-refractivity contribution in [2.45, 2.75) is 16.3 Å². The Morgan fingerprint density at radius 2 is 2.12 bits per heavy atom. The van der Waals surface area contributed by atoms with Crippen molar-refractivity contribution in [3.63, 3.8) is 0 Å². The molecule has 0 spiro atoms. The molecule has 1 N–H and O–H groups in total. The van der Waals surface area contributed by atoms with Crippen LogP contribution in [0.1, 0.15) is 4.88 Å². The molecule has 90 valence electrons. The number of thiophene rings is 1. The topological polar surface area (TPSA) is 23.5 Å². The van der Waals surface area contributed by atoms with Crippen molar-refractivity contribution in [2.24, 2.45) is 0 Å². The zero-order valence-electron chi connectivity index (χ0n) is 9.88. The van der Waals surface area contributed by atoms with Crippen LogP contribution in [0.4, 0.5) is 0 Å². The molecule has 1 aromatic heterocycles. The van der Waals surface area contributed by atoms with E-state index in [9.17, 15) is 5.11 Å². The number of rotatable bonds is 4. The Bertz CT molecular complexity index is 494. The van der Waals surface area contributed by atoms with Gasteiger partial charge in [-0.3, -0.25) is 0 Å². The van der Waals surface area contributed by atoms with E-state index in [0.717, 1.165) is 11.4 Å². The van der Waals surface area contributed by atoms with E-state index in [-0.39, 0.29) is 0 Å². The predicted octanol–water partition coefficient (Wildman–Crippen LogP) is 3.67. The zero-order valence-corrected chi connectivity index (χ0v) is 11.5. The molecule has 0 fully saturated rings. The quantitative estimate of drug-likeness (QED) is 0.912.